The lowest BCUT2D eigenvalue weighted by molar-refractivity contribution is -0.132. The lowest BCUT2D eigenvalue weighted by Gasteiger charge is -2.38. The maximum Gasteiger partial charge on any atom is 0.340 e. The summed E-state index contributed by atoms with van der Waals surface area (Å²) in [7, 11) is 3.25. The van der Waals surface area contributed by atoms with Crippen LogP contribution >= 0.6 is 0 Å². The number of hydrogen-bond donors (Lipinski definition) is 0. The van der Waals surface area contributed by atoms with Crippen LogP contribution in [0.5, 0.6) is 34.5 Å². The molecule has 0 bridgehead atoms. The lowest BCUT2D eigenvalue weighted by Crippen LogP contribution is -2.34. The zero-order valence-corrected chi connectivity index (χ0v) is 38.4. The molecular weight excluding hydrogens is 869 g/mol. The molecule has 68 heavy (non-hydrogen) atoms. The molecular formula is C54H52N2O12. The van der Waals surface area contributed by atoms with Crippen LogP contribution in [0.2, 0.25) is 0 Å². The molecule has 0 aromatic heterocycles. The number of para-hydroxylation sites is 2. The number of esters is 3. The number of carbonyl (C=O) groups is 3. The highest BCUT2D eigenvalue weighted by atomic mass is 16.6. The first-order valence-electron chi connectivity index (χ1n) is 22.5. The van der Waals surface area contributed by atoms with Gasteiger partial charge in [-0.15, -0.1) is 0 Å². The Morgan fingerprint density at radius 3 is 1.47 bits per heavy atom. The van der Waals surface area contributed by atoms with Gasteiger partial charge in [-0.05, 0) is 47.5 Å². The molecule has 14 heteroatoms. The molecule has 9 rings (SSSR count). The summed E-state index contributed by atoms with van der Waals surface area (Å²) < 4.78 is 55.4. The molecule has 0 saturated carbocycles. The standard InChI is InChI=1S/C54H52N2O12/c1-35(57)65-48-33-50-43(29-39(48)37-13-7-5-8-14-37)54(44-30-40(38-15-9-6-10-16-38)49(66-36(2)58)34-51(44)67-50)42-32-52(61-4)46(31-41(42)53(59)68-54)56-21-24-62-23-19-55(20-25-63-27-28-64-26-22-56)45-17-11-12-18-47(45)60-3/h5-18,29-34H,19-28H2,1-4H3. The summed E-state index contributed by atoms with van der Waals surface area (Å²) in [5, 5.41) is 0. The SMILES string of the molecule is COc1ccccc1N1CCOCCOCCN(c2cc3c(cc2OC)C2(OC3=O)c3cc(-c4ccccc4)c(OC(C)=O)cc3Oc3cc(OC(C)=O)c(-c4ccccc4)cc32)CCOCC1. The smallest absolute Gasteiger partial charge is 0.340 e. The summed E-state index contributed by atoms with van der Waals surface area (Å²) in [6.45, 7) is 7.27. The third-order valence-corrected chi connectivity index (χ3v) is 12.1. The normalized spacial score (nSPS) is 15.9. The van der Waals surface area contributed by atoms with Crippen LogP contribution in [-0.4, -0.2) is 97.9 Å². The molecule has 3 aliphatic rings. The highest BCUT2D eigenvalue weighted by Crippen LogP contribution is 2.60. The van der Waals surface area contributed by atoms with Crippen molar-refractivity contribution in [3.63, 3.8) is 0 Å². The summed E-state index contributed by atoms with van der Waals surface area (Å²) in [5.74, 6) is 0.573. The van der Waals surface area contributed by atoms with E-state index in [1.807, 2.05) is 103 Å². The molecule has 0 N–H and O–H groups in total. The van der Waals surface area contributed by atoms with Gasteiger partial charge in [0.25, 0.3) is 0 Å². The summed E-state index contributed by atoms with van der Waals surface area (Å²) in [6.07, 6.45) is 0. The van der Waals surface area contributed by atoms with Gasteiger partial charge in [0.2, 0.25) is 0 Å². The first-order valence-corrected chi connectivity index (χ1v) is 22.5. The Labute approximate surface area is 394 Å². The number of hydrogen-bond acceptors (Lipinski definition) is 14. The number of nitrogens with zero attached hydrogens (tertiary/aromatic N) is 2. The predicted molar refractivity (Wildman–Crippen MR) is 255 cm³/mol. The second kappa shape index (κ2) is 20.2. The fraction of sp³-hybridized carbons (Fsp3) is 0.278. The van der Waals surface area contributed by atoms with Gasteiger partial charge in [-0.1, -0.05) is 72.8 Å². The van der Waals surface area contributed by atoms with Crippen LogP contribution in [0, 0.1) is 0 Å². The molecule has 3 heterocycles. The van der Waals surface area contributed by atoms with Gasteiger partial charge in [0.15, 0.2) is 5.60 Å². The number of rotatable bonds is 8. The fourth-order valence-corrected chi connectivity index (χ4v) is 9.08. The summed E-state index contributed by atoms with van der Waals surface area (Å²) in [5.41, 5.74) is 4.32. The molecule has 1 spiro atoms. The van der Waals surface area contributed by atoms with Crippen LogP contribution in [0.4, 0.5) is 11.4 Å². The zero-order valence-electron chi connectivity index (χ0n) is 38.4. The minimum Gasteiger partial charge on any atom is -0.495 e. The Morgan fingerprint density at radius 2 is 0.971 bits per heavy atom. The Hall–Kier alpha value is -7.39. The number of anilines is 2. The van der Waals surface area contributed by atoms with Crippen LogP contribution < -0.4 is 33.5 Å². The molecule has 1 fully saturated rings. The maximum absolute atomic E-state index is 14.8. The fourth-order valence-electron chi connectivity index (χ4n) is 9.08. The van der Waals surface area contributed by atoms with Crippen molar-refractivity contribution in [2.24, 2.45) is 0 Å². The van der Waals surface area contributed by atoms with E-state index in [9.17, 15) is 14.4 Å². The van der Waals surface area contributed by atoms with Crippen LogP contribution in [0.1, 0.15) is 40.9 Å². The monoisotopic (exact) mass is 920 g/mol. The third-order valence-electron chi connectivity index (χ3n) is 12.1. The van der Waals surface area contributed by atoms with Gasteiger partial charge in [-0.25, -0.2) is 4.79 Å². The average molecular weight is 921 g/mol. The van der Waals surface area contributed by atoms with E-state index < -0.39 is 23.5 Å². The van der Waals surface area contributed by atoms with Gasteiger partial charge >= 0.3 is 17.9 Å². The number of carbonyl (C=O) groups excluding carboxylic acids is 3. The van der Waals surface area contributed by atoms with E-state index in [4.69, 9.17) is 42.6 Å². The number of benzene rings is 6. The van der Waals surface area contributed by atoms with Crippen LogP contribution in [0.15, 0.2) is 121 Å². The first-order chi connectivity index (χ1) is 33.2. The van der Waals surface area contributed by atoms with Crippen molar-refractivity contribution in [2.75, 3.05) is 89.8 Å². The quantitative estimate of drug-likeness (QED) is 0.106. The van der Waals surface area contributed by atoms with Gasteiger partial charge in [0, 0.05) is 80.0 Å². The summed E-state index contributed by atoms with van der Waals surface area (Å²) in [6, 6.07) is 37.4. The van der Waals surface area contributed by atoms with Crippen LogP contribution in [0.25, 0.3) is 22.3 Å². The van der Waals surface area contributed by atoms with Gasteiger partial charge in [-0.2, -0.15) is 0 Å². The van der Waals surface area contributed by atoms with E-state index in [2.05, 4.69) is 9.80 Å². The van der Waals surface area contributed by atoms with Gasteiger partial charge in [0.05, 0.1) is 70.8 Å². The molecule has 14 nitrogen and oxygen atoms in total. The molecule has 0 amide bonds. The Bertz CT molecular complexity index is 2710. The van der Waals surface area contributed by atoms with Gasteiger partial charge < -0.3 is 52.4 Å². The highest BCUT2D eigenvalue weighted by Gasteiger charge is 2.55. The van der Waals surface area contributed by atoms with E-state index in [-0.39, 0.29) is 23.0 Å². The average Bonchev–Trinajstić information content (AvgIpc) is 3.62. The highest BCUT2D eigenvalue weighted by molar-refractivity contribution is 5.99. The minimum atomic E-state index is -1.64. The van der Waals surface area contributed by atoms with E-state index in [0.29, 0.717) is 111 Å². The minimum absolute atomic E-state index is 0.236. The molecule has 0 unspecified atom stereocenters. The van der Waals surface area contributed by atoms with E-state index in [1.165, 1.54) is 13.8 Å². The topological polar surface area (TPSA) is 141 Å². The third kappa shape index (κ3) is 9.17. The van der Waals surface area contributed by atoms with Crippen molar-refractivity contribution < 1.29 is 57.0 Å². The van der Waals surface area contributed by atoms with Crippen molar-refractivity contribution in [1.82, 2.24) is 0 Å². The van der Waals surface area contributed by atoms with Crippen LogP contribution in [-0.2, 0) is 34.1 Å². The second-order valence-electron chi connectivity index (χ2n) is 16.3. The lowest BCUT2D eigenvalue weighted by atomic mass is 9.75. The van der Waals surface area contributed by atoms with Crippen molar-refractivity contribution in [2.45, 2.75) is 19.4 Å². The predicted octanol–water partition coefficient (Wildman–Crippen LogP) is 8.83. The maximum atomic E-state index is 14.8. The Kier molecular flexibility index (Phi) is 13.6. The second-order valence-corrected chi connectivity index (χ2v) is 16.3. The zero-order chi connectivity index (χ0) is 47.2. The van der Waals surface area contributed by atoms with E-state index in [1.54, 1.807) is 32.4 Å². The van der Waals surface area contributed by atoms with Crippen LogP contribution in [0.3, 0.4) is 0 Å². The van der Waals surface area contributed by atoms with Gasteiger partial charge in [0.1, 0.15) is 34.5 Å². The van der Waals surface area contributed by atoms with Crippen molar-refractivity contribution in [3.8, 4) is 56.8 Å². The molecule has 6 aromatic carbocycles. The molecule has 3 aliphatic heterocycles. The molecule has 0 aliphatic carbocycles. The Balaban J connectivity index is 1.16. The van der Waals surface area contributed by atoms with Crippen molar-refractivity contribution >= 4 is 29.3 Å². The van der Waals surface area contributed by atoms with E-state index >= 15 is 0 Å². The largest absolute Gasteiger partial charge is 0.495 e. The van der Waals surface area contributed by atoms with Crippen molar-refractivity contribution in [3.05, 3.63) is 144 Å². The molecule has 6 aromatic rings. The molecule has 0 radical (unpaired) electrons. The first kappa shape index (κ1) is 45.8. The summed E-state index contributed by atoms with van der Waals surface area (Å²) in [4.78, 5) is 44.2. The molecule has 0 atom stereocenters. The Morgan fingerprint density at radius 1 is 0.500 bits per heavy atom. The summed E-state index contributed by atoms with van der Waals surface area (Å²) >= 11 is 0. The number of ether oxygens (including phenoxy) is 9. The van der Waals surface area contributed by atoms with Gasteiger partial charge in [-0.3, -0.25) is 9.59 Å². The van der Waals surface area contributed by atoms with E-state index in [0.717, 1.165) is 22.6 Å². The number of fused-ring (bicyclic) bond motifs is 6. The number of methoxy groups -OCH3 is 2. The van der Waals surface area contributed by atoms with Crippen molar-refractivity contribution in [1.29, 1.82) is 0 Å². The molecule has 1 saturated heterocycles. The molecule has 350 valence electrons.